The Kier molecular flexibility index (Phi) is 3.60. The van der Waals surface area contributed by atoms with Crippen molar-refractivity contribution in [1.82, 2.24) is 0 Å². The molecule has 0 bridgehead atoms. The van der Waals surface area contributed by atoms with E-state index >= 15 is 0 Å². The lowest BCUT2D eigenvalue weighted by Crippen LogP contribution is -2.08. The predicted octanol–water partition coefficient (Wildman–Crippen LogP) is 5.55. The number of para-hydroxylation sites is 2. The van der Waals surface area contributed by atoms with Gasteiger partial charge in [-0.15, -0.1) is 0 Å². The van der Waals surface area contributed by atoms with Crippen LogP contribution < -0.4 is 9.47 Å². The van der Waals surface area contributed by atoms with Crippen LogP contribution in [0.3, 0.4) is 0 Å². The van der Waals surface area contributed by atoms with Crippen LogP contribution >= 0.6 is 0 Å². The van der Waals surface area contributed by atoms with E-state index in [2.05, 4.69) is 48.6 Å². The Hall–Kier alpha value is -3.26. The molecule has 2 aliphatic heterocycles. The average molecular weight is 338 g/mol. The van der Waals surface area contributed by atoms with E-state index in [0.717, 1.165) is 22.6 Å². The summed E-state index contributed by atoms with van der Waals surface area (Å²) in [6.45, 7) is 1.19. The van der Waals surface area contributed by atoms with Gasteiger partial charge < -0.3 is 9.47 Å². The van der Waals surface area contributed by atoms with Gasteiger partial charge >= 0.3 is 0 Å². The van der Waals surface area contributed by atoms with E-state index in [4.69, 9.17) is 9.47 Å². The average Bonchev–Trinajstić information content (AvgIpc) is 2.73. The summed E-state index contributed by atoms with van der Waals surface area (Å²) < 4.78 is 11.8. The molecule has 3 aromatic rings. The van der Waals surface area contributed by atoms with Gasteiger partial charge in [0, 0.05) is 11.1 Å². The maximum Gasteiger partial charge on any atom is 0.127 e. The second-order valence-corrected chi connectivity index (χ2v) is 6.57. The summed E-state index contributed by atoms with van der Waals surface area (Å²) in [7, 11) is 0. The Morgan fingerprint density at radius 3 is 1.58 bits per heavy atom. The minimum absolute atomic E-state index is 0.596. The molecule has 0 saturated carbocycles. The highest BCUT2D eigenvalue weighted by Crippen LogP contribution is 2.33. The molecule has 2 nitrogen and oxygen atoms in total. The molecule has 0 atom stereocenters. The summed E-state index contributed by atoms with van der Waals surface area (Å²) in [5, 5.41) is 0. The Bertz CT molecular complexity index is 963. The molecule has 0 N–H and O–H groups in total. The molecule has 0 radical (unpaired) electrons. The molecule has 126 valence electrons. The van der Waals surface area contributed by atoms with Crippen molar-refractivity contribution in [3.05, 3.63) is 95.1 Å². The molecule has 2 heterocycles. The van der Waals surface area contributed by atoms with Gasteiger partial charge in [-0.25, -0.2) is 0 Å². The third kappa shape index (κ3) is 2.70. The van der Waals surface area contributed by atoms with Crippen LogP contribution in [0.15, 0.2) is 72.8 Å². The molecule has 2 aliphatic rings. The molecular formula is C24H18O2. The topological polar surface area (TPSA) is 18.5 Å². The van der Waals surface area contributed by atoms with E-state index in [-0.39, 0.29) is 0 Å². The number of fused-ring (bicyclic) bond motifs is 2. The number of hydrogen-bond donors (Lipinski definition) is 0. The third-order valence-corrected chi connectivity index (χ3v) is 4.87. The van der Waals surface area contributed by atoms with Crippen LogP contribution in [0.2, 0.25) is 0 Å². The van der Waals surface area contributed by atoms with Gasteiger partial charge in [0.1, 0.15) is 24.7 Å². The first-order valence-corrected chi connectivity index (χ1v) is 8.82. The second kappa shape index (κ2) is 6.23. The summed E-state index contributed by atoms with van der Waals surface area (Å²) in [5.74, 6) is 1.90. The Morgan fingerprint density at radius 1 is 0.538 bits per heavy atom. The van der Waals surface area contributed by atoms with Crippen LogP contribution in [-0.4, -0.2) is 13.2 Å². The van der Waals surface area contributed by atoms with Gasteiger partial charge in [-0.3, -0.25) is 0 Å². The van der Waals surface area contributed by atoms with Gasteiger partial charge in [0.15, 0.2) is 0 Å². The molecule has 5 rings (SSSR count). The molecular weight excluding hydrogens is 320 g/mol. The molecule has 0 saturated heterocycles. The zero-order valence-corrected chi connectivity index (χ0v) is 14.3. The van der Waals surface area contributed by atoms with Crippen molar-refractivity contribution < 1.29 is 9.47 Å². The summed E-state index contributed by atoms with van der Waals surface area (Å²) >= 11 is 0. The van der Waals surface area contributed by atoms with Crippen molar-refractivity contribution in [2.45, 2.75) is 0 Å². The Morgan fingerprint density at radius 2 is 1.04 bits per heavy atom. The molecule has 0 fully saturated rings. The quantitative estimate of drug-likeness (QED) is 0.610. The fourth-order valence-corrected chi connectivity index (χ4v) is 3.48. The summed E-state index contributed by atoms with van der Waals surface area (Å²) in [5.41, 5.74) is 7.04. The Labute approximate surface area is 153 Å². The van der Waals surface area contributed by atoms with Gasteiger partial charge in [0.25, 0.3) is 0 Å². The first-order chi connectivity index (χ1) is 12.9. The number of ether oxygens (including phenoxy) is 2. The van der Waals surface area contributed by atoms with Gasteiger partial charge in [-0.05, 0) is 52.6 Å². The molecule has 0 aliphatic carbocycles. The maximum absolute atomic E-state index is 5.91. The van der Waals surface area contributed by atoms with Crippen LogP contribution in [0, 0.1) is 0 Å². The number of benzene rings is 3. The lowest BCUT2D eigenvalue weighted by molar-refractivity contribution is 0.365. The Balaban J connectivity index is 1.51. The van der Waals surface area contributed by atoms with E-state index in [1.54, 1.807) is 0 Å². The highest BCUT2D eigenvalue weighted by atomic mass is 16.5. The van der Waals surface area contributed by atoms with E-state index in [0.29, 0.717) is 13.2 Å². The van der Waals surface area contributed by atoms with Crippen molar-refractivity contribution in [1.29, 1.82) is 0 Å². The minimum atomic E-state index is 0.596. The largest absolute Gasteiger partial charge is 0.488 e. The normalized spacial score (nSPS) is 14.9. The molecule has 26 heavy (non-hydrogen) atoms. The fourth-order valence-electron chi connectivity index (χ4n) is 3.48. The zero-order valence-electron chi connectivity index (χ0n) is 14.3. The number of hydrogen-bond acceptors (Lipinski definition) is 2. The van der Waals surface area contributed by atoms with E-state index < -0.39 is 0 Å². The highest BCUT2D eigenvalue weighted by molar-refractivity contribution is 5.89. The molecule has 0 aromatic heterocycles. The second-order valence-electron chi connectivity index (χ2n) is 6.57. The number of rotatable bonds is 2. The molecule has 2 heteroatoms. The van der Waals surface area contributed by atoms with Crippen LogP contribution in [0.1, 0.15) is 22.3 Å². The van der Waals surface area contributed by atoms with E-state index in [1.807, 2.05) is 36.4 Å². The standard InChI is InChI=1S/C24H18O2/c1-3-10-23-19(6-1)13-21(15-25-23)17-8-5-9-18(12-17)22-14-20-7-2-4-11-24(20)26-16-22/h1-14H,15-16H2. The fraction of sp³-hybridized carbons (Fsp3) is 0.0833. The monoisotopic (exact) mass is 338 g/mol. The first-order valence-electron chi connectivity index (χ1n) is 8.82. The smallest absolute Gasteiger partial charge is 0.127 e. The molecule has 0 unspecified atom stereocenters. The lowest BCUT2D eigenvalue weighted by Gasteiger charge is -2.20. The van der Waals surface area contributed by atoms with Crippen molar-refractivity contribution in [3.63, 3.8) is 0 Å². The minimum Gasteiger partial charge on any atom is -0.488 e. The maximum atomic E-state index is 5.91. The van der Waals surface area contributed by atoms with Gasteiger partial charge in [-0.1, -0.05) is 54.6 Å². The van der Waals surface area contributed by atoms with Crippen LogP contribution in [-0.2, 0) is 0 Å². The predicted molar refractivity (Wildman–Crippen MR) is 106 cm³/mol. The van der Waals surface area contributed by atoms with Crippen molar-refractivity contribution in [2.24, 2.45) is 0 Å². The van der Waals surface area contributed by atoms with Gasteiger partial charge in [0.2, 0.25) is 0 Å². The summed E-state index contributed by atoms with van der Waals surface area (Å²) in [6.07, 6.45) is 4.44. The zero-order chi connectivity index (χ0) is 17.3. The van der Waals surface area contributed by atoms with Crippen molar-refractivity contribution in [3.8, 4) is 11.5 Å². The van der Waals surface area contributed by atoms with Gasteiger partial charge in [0.05, 0.1) is 0 Å². The first kappa shape index (κ1) is 15.0. The van der Waals surface area contributed by atoms with Crippen LogP contribution in [0.4, 0.5) is 0 Å². The highest BCUT2D eigenvalue weighted by Gasteiger charge is 2.15. The van der Waals surface area contributed by atoms with Crippen molar-refractivity contribution >= 4 is 23.3 Å². The third-order valence-electron chi connectivity index (χ3n) is 4.87. The lowest BCUT2D eigenvalue weighted by atomic mass is 9.95. The van der Waals surface area contributed by atoms with Crippen LogP contribution in [0.25, 0.3) is 23.3 Å². The van der Waals surface area contributed by atoms with E-state index in [1.165, 1.54) is 22.3 Å². The molecule has 3 aromatic carbocycles. The summed E-state index contributed by atoms with van der Waals surface area (Å²) in [4.78, 5) is 0. The van der Waals surface area contributed by atoms with Gasteiger partial charge in [-0.2, -0.15) is 0 Å². The summed E-state index contributed by atoms with van der Waals surface area (Å²) in [6, 6.07) is 24.9. The van der Waals surface area contributed by atoms with Crippen LogP contribution in [0.5, 0.6) is 11.5 Å². The van der Waals surface area contributed by atoms with E-state index in [9.17, 15) is 0 Å². The SMILES string of the molecule is C1=C(c2cccc(C3=Cc4ccccc4OC3)c2)COc2ccccc21. The van der Waals surface area contributed by atoms with Crippen molar-refractivity contribution in [2.75, 3.05) is 13.2 Å². The molecule has 0 spiro atoms. The molecule has 0 amide bonds.